The first-order valence-corrected chi connectivity index (χ1v) is 4.64. The Balaban J connectivity index is 2.75. The molecule has 1 rings (SSSR count). The lowest BCUT2D eigenvalue weighted by atomic mass is 10.2. The molecule has 0 aromatic heterocycles. The van der Waals surface area contributed by atoms with Gasteiger partial charge in [0.1, 0.15) is 0 Å². The second-order valence-electron chi connectivity index (χ2n) is 2.92. The van der Waals surface area contributed by atoms with E-state index in [1.807, 2.05) is 6.07 Å². The molecule has 76 valence electrons. The number of nitriles is 1. The van der Waals surface area contributed by atoms with Crippen molar-refractivity contribution in [3.63, 3.8) is 0 Å². The summed E-state index contributed by atoms with van der Waals surface area (Å²) in [5, 5.41) is 11.5. The minimum atomic E-state index is -0.254. The standard InChI is InChI=1S/C11H9ClN2O/c1-8(6-7-13)14-11(15)9-2-4-10(12)5-3-9/h2-6H,1H3,(H,14,15). The maximum absolute atomic E-state index is 11.5. The summed E-state index contributed by atoms with van der Waals surface area (Å²) in [7, 11) is 0. The minimum Gasteiger partial charge on any atom is -0.325 e. The molecule has 0 aliphatic carbocycles. The van der Waals surface area contributed by atoms with Gasteiger partial charge in [-0.15, -0.1) is 0 Å². The Morgan fingerprint density at radius 2 is 2.07 bits per heavy atom. The number of nitrogens with one attached hydrogen (secondary N) is 1. The second kappa shape index (κ2) is 5.18. The number of nitrogens with zero attached hydrogens (tertiary/aromatic N) is 1. The fourth-order valence-corrected chi connectivity index (χ4v) is 1.11. The van der Waals surface area contributed by atoms with E-state index in [0.717, 1.165) is 0 Å². The molecule has 0 saturated carbocycles. The molecular weight excluding hydrogens is 212 g/mol. The topological polar surface area (TPSA) is 52.9 Å². The summed E-state index contributed by atoms with van der Waals surface area (Å²) in [5.74, 6) is -0.254. The van der Waals surface area contributed by atoms with Gasteiger partial charge in [-0.05, 0) is 31.2 Å². The molecule has 0 radical (unpaired) electrons. The molecule has 4 heteroatoms. The van der Waals surface area contributed by atoms with Gasteiger partial charge in [-0.1, -0.05) is 11.6 Å². The number of hydrogen-bond acceptors (Lipinski definition) is 2. The van der Waals surface area contributed by atoms with Crippen molar-refractivity contribution < 1.29 is 4.79 Å². The van der Waals surface area contributed by atoms with Crippen molar-refractivity contribution >= 4 is 17.5 Å². The van der Waals surface area contributed by atoms with Gasteiger partial charge < -0.3 is 5.32 Å². The number of carbonyl (C=O) groups is 1. The first kappa shape index (κ1) is 11.3. The van der Waals surface area contributed by atoms with Gasteiger partial charge in [-0.25, -0.2) is 0 Å². The summed E-state index contributed by atoms with van der Waals surface area (Å²) < 4.78 is 0. The van der Waals surface area contributed by atoms with E-state index in [1.165, 1.54) is 6.08 Å². The highest BCUT2D eigenvalue weighted by atomic mass is 35.5. The van der Waals surface area contributed by atoms with E-state index in [9.17, 15) is 4.79 Å². The number of carbonyl (C=O) groups excluding carboxylic acids is 1. The highest BCUT2D eigenvalue weighted by molar-refractivity contribution is 6.30. The number of rotatable bonds is 2. The van der Waals surface area contributed by atoms with Crippen molar-refractivity contribution in [3.8, 4) is 6.07 Å². The van der Waals surface area contributed by atoms with Crippen LogP contribution in [0.3, 0.4) is 0 Å². The smallest absolute Gasteiger partial charge is 0.255 e. The third-order valence-electron chi connectivity index (χ3n) is 1.70. The van der Waals surface area contributed by atoms with Crippen LogP contribution in [0.25, 0.3) is 0 Å². The maximum atomic E-state index is 11.5. The highest BCUT2D eigenvalue weighted by Crippen LogP contribution is 2.09. The first-order chi connectivity index (χ1) is 7.13. The van der Waals surface area contributed by atoms with Crippen LogP contribution >= 0.6 is 11.6 Å². The zero-order valence-electron chi connectivity index (χ0n) is 8.12. The average Bonchev–Trinajstić information content (AvgIpc) is 2.18. The third kappa shape index (κ3) is 3.45. The van der Waals surface area contributed by atoms with Crippen molar-refractivity contribution in [3.05, 3.63) is 46.6 Å². The van der Waals surface area contributed by atoms with Crippen molar-refractivity contribution in [2.45, 2.75) is 6.92 Å². The minimum absolute atomic E-state index is 0.254. The quantitative estimate of drug-likeness (QED) is 0.779. The number of allylic oxidation sites excluding steroid dienone is 2. The highest BCUT2D eigenvalue weighted by Gasteiger charge is 2.04. The molecule has 0 heterocycles. The van der Waals surface area contributed by atoms with Crippen molar-refractivity contribution in [2.24, 2.45) is 0 Å². The molecule has 0 fully saturated rings. The molecule has 0 bridgehead atoms. The van der Waals surface area contributed by atoms with Crippen LogP contribution in [0.1, 0.15) is 17.3 Å². The van der Waals surface area contributed by atoms with Crippen LogP contribution in [0.4, 0.5) is 0 Å². The molecule has 0 saturated heterocycles. The number of hydrogen-bond donors (Lipinski definition) is 1. The Morgan fingerprint density at radius 3 is 2.60 bits per heavy atom. The van der Waals surface area contributed by atoms with Gasteiger partial charge in [-0.2, -0.15) is 5.26 Å². The van der Waals surface area contributed by atoms with Crippen molar-refractivity contribution in [1.29, 1.82) is 5.26 Å². The number of amides is 1. The van der Waals surface area contributed by atoms with Gasteiger partial charge in [0.25, 0.3) is 5.91 Å². The lowest BCUT2D eigenvalue weighted by molar-refractivity contribution is 0.0966. The Hall–Kier alpha value is -1.79. The molecule has 1 amide bonds. The molecule has 0 aliphatic heterocycles. The van der Waals surface area contributed by atoms with E-state index < -0.39 is 0 Å². The van der Waals surface area contributed by atoms with Gasteiger partial charge in [0.05, 0.1) is 6.07 Å². The summed E-state index contributed by atoms with van der Waals surface area (Å²) in [5.41, 5.74) is 1.02. The zero-order chi connectivity index (χ0) is 11.3. The van der Waals surface area contributed by atoms with Crippen LogP contribution in [0.15, 0.2) is 36.0 Å². The predicted octanol–water partition coefficient (Wildman–Crippen LogP) is 2.50. The lowest BCUT2D eigenvalue weighted by Gasteiger charge is -2.03. The van der Waals surface area contributed by atoms with Crippen LogP contribution in [0.2, 0.25) is 5.02 Å². The van der Waals surface area contributed by atoms with Crippen LogP contribution in [0.5, 0.6) is 0 Å². The summed E-state index contributed by atoms with van der Waals surface area (Å²) in [6, 6.07) is 8.36. The van der Waals surface area contributed by atoms with Crippen LogP contribution in [0, 0.1) is 11.3 Å². The molecule has 0 aliphatic rings. The molecule has 0 atom stereocenters. The average molecular weight is 221 g/mol. The lowest BCUT2D eigenvalue weighted by Crippen LogP contribution is -2.21. The molecule has 1 aromatic rings. The Morgan fingerprint density at radius 1 is 1.47 bits per heavy atom. The monoisotopic (exact) mass is 220 g/mol. The normalized spacial score (nSPS) is 10.6. The molecule has 1 N–H and O–H groups in total. The Labute approximate surface area is 93.0 Å². The first-order valence-electron chi connectivity index (χ1n) is 4.27. The van der Waals surface area contributed by atoms with E-state index >= 15 is 0 Å². The summed E-state index contributed by atoms with van der Waals surface area (Å²) in [6.45, 7) is 1.65. The van der Waals surface area contributed by atoms with Crippen LogP contribution in [-0.2, 0) is 0 Å². The Bertz CT molecular complexity index is 429. The number of benzene rings is 1. The van der Waals surface area contributed by atoms with Crippen molar-refractivity contribution in [1.82, 2.24) is 5.32 Å². The van der Waals surface area contributed by atoms with E-state index in [1.54, 1.807) is 31.2 Å². The molecule has 0 unspecified atom stereocenters. The van der Waals surface area contributed by atoms with Crippen LogP contribution < -0.4 is 5.32 Å². The van der Waals surface area contributed by atoms with Crippen LogP contribution in [-0.4, -0.2) is 5.91 Å². The SMILES string of the molecule is CC(=CC#N)NC(=O)c1ccc(Cl)cc1. The molecule has 1 aromatic carbocycles. The van der Waals surface area contributed by atoms with Gasteiger partial charge in [0.2, 0.25) is 0 Å². The third-order valence-corrected chi connectivity index (χ3v) is 1.95. The predicted molar refractivity (Wildman–Crippen MR) is 58.3 cm³/mol. The second-order valence-corrected chi connectivity index (χ2v) is 3.35. The van der Waals surface area contributed by atoms with E-state index in [0.29, 0.717) is 16.3 Å². The van der Waals surface area contributed by atoms with Gasteiger partial charge in [0, 0.05) is 22.4 Å². The van der Waals surface area contributed by atoms with Gasteiger partial charge >= 0.3 is 0 Å². The molecule has 3 nitrogen and oxygen atoms in total. The maximum Gasteiger partial charge on any atom is 0.255 e. The van der Waals surface area contributed by atoms with Gasteiger partial charge in [-0.3, -0.25) is 4.79 Å². The van der Waals surface area contributed by atoms with E-state index in [4.69, 9.17) is 16.9 Å². The largest absolute Gasteiger partial charge is 0.325 e. The number of halogens is 1. The van der Waals surface area contributed by atoms with Gasteiger partial charge in [0.15, 0.2) is 0 Å². The zero-order valence-corrected chi connectivity index (χ0v) is 8.88. The summed E-state index contributed by atoms with van der Waals surface area (Å²) in [6.07, 6.45) is 1.27. The van der Waals surface area contributed by atoms with E-state index in [-0.39, 0.29) is 5.91 Å². The van der Waals surface area contributed by atoms with E-state index in [2.05, 4.69) is 5.32 Å². The molecular formula is C11H9ClN2O. The van der Waals surface area contributed by atoms with Crippen molar-refractivity contribution in [2.75, 3.05) is 0 Å². The summed E-state index contributed by atoms with van der Waals surface area (Å²) >= 11 is 5.69. The Kier molecular flexibility index (Phi) is 3.90. The molecule has 0 spiro atoms. The fourth-order valence-electron chi connectivity index (χ4n) is 0.985. The summed E-state index contributed by atoms with van der Waals surface area (Å²) in [4.78, 5) is 11.5. The molecule has 15 heavy (non-hydrogen) atoms. The fraction of sp³-hybridized carbons (Fsp3) is 0.0909.